The van der Waals surface area contributed by atoms with Gasteiger partial charge in [-0.3, -0.25) is 9.69 Å². The predicted octanol–water partition coefficient (Wildman–Crippen LogP) is 1.75. The van der Waals surface area contributed by atoms with Crippen LogP contribution in [0.3, 0.4) is 0 Å². The van der Waals surface area contributed by atoms with E-state index in [9.17, 15) is 4.79 Å². The van der Waals surface area contributed by atoms with Gasteiger partial charge >= 0.3 is 0 Å². The summed E-state index contributed by atoms with van der Waals surface area (Å²) < 4.78 is 0.702. The normalized spacial score (nSPS) is 23.8. The number of rotatable bonds is 2. The lowest BCUT2D eigenvalue weighted by molar-refractivity contribution is -0.127. The summed E-state index contributed by atoms with van der Waals surface area (Å²) in [6.45, 7) is 5.38. The molecule has 94 valence electrons. The average Bonchev–Trinajstić information content (AvgIpc) is 2.28. The summed E-state index contributed by atoms with van der Waals surface area (Å²) in [5.74, 6) is 0.00676. The first-order chi connectivity index (χ1) is 8.46. The molecule has 0 aliphatic carbocycles. The van der Waals surface area contributed by atoms with Gasteiger partial charge in [0.2, 0.25) is 11.9 Å². The highest BCUT2D eigenvalue weighted by atomic mass is 79.9. The first-order valence-electron chi connectivity index (χ1n) is 5.39. The van der Waals surface area contributed by atoms with Crippen LogP contribution in [0.5, 0.6) is 0 Å². The third-order valence-corrected chi connectivity index (χ3v) is 3.26. The SMILES string of the molecule is C=CN1C(=O)C[C@@](C)(c2cccc(Br)n2)N=C1N. The Bertz CT molecular complexity index is 543. The maximum absolute atomic E-state index is 12.0. The van der Waals surface area contributed by atoms with Crippen molar-refractivity contribution in [1.29, 1.82) is 0 Å². The van der Waals surface area contributed by atoms with Crippen LogP contribution in [0.25, 0.3) is 0 Å². The van der Waals surface area contributed by atoms with Gasteiger partial charge in [0.1, 0.15) is 10.1 Å². The summed E-state index contributed by atoms with van der Waals surface area (Å²) in [6, 6.07) is 5.51. The molecule has 0 spiro atoms. The smallest absolute Gasteiger partial charge is 0.236 e. The Labute approximate surface area is 114 Å². The molecule has 1 aromatic heterocycles. The molecule has 1 aliphatic rings. The van der Waals surface area contributed by atoms with Gasteiger partial charge in [-0.05, 0) is 35.0 Å². The van der Waals surface area contributed by atoms with Crippen molar-refractivity contribution in [3.63, 3.8) is 0 Å². The molecule has 2 N–H and O–H groups in total. The van der Waals surface area contributed by atoms with E-state index in [-0.39, 0.29) is 18.3 Å². The highest BCUT2D eigenvalue weighted by molar-refractivity contribution is 9.10. The quantitative estimate of drug-likeness (QED) is 0.846. The van der Waals surface area contributed by atoms with Crippen LogP contribution >= 0.6 is 15.9 Å². The van der Waals surface area contributed by atoms with Crippen LogP contribution in [0.2, 0.25) is 0 Å². The fourth-order valence-corrected chi connectivity index (χ4v) is 2.25. The number of aromatic nitrogens is 1. The molecule has 2 rings (SSSR count). The van der Waals surface area contributed by atoms with Gasteiger partial charge in [-0.15, -0.1) is 0 Å². The number of guanidine groups is 1. The fraction of sp³-hybridized carbons (Fsp3) is 0.250. The number of hydrogen-bond acceptors (Lipinski definition) is 4. The monoisotopic (exact) mass is 308 g/mol. The number of nitrogens with zero attached hydrogens (tertiary/aromatic N) is 3. The van der Waals surface area contributed by atoms with Crippen molar-refractivity contribution in [2.24, 2.45) is 10.7 Å². The number of carbonyl (C=O) groups is 1. The van der Waals surface area contributed by atoms with E-state index in [4.69, 9.17) is 5.73 Å². The van der Waals surface area contributed by atoms with E-state index < -0.39 is 5.54 Å². The maximum Gasteiger partial charge on any atom is 0.236 e. The van der Waals surface area contributed by atoms with Crippen molar-refractivity contribution in [2.45, 2.75) is 18.9 Å². The van der Waals surface area contributed by atoms with Crippen LogP contribution in [0, 0.1) is 0 Å². The van der Waals surface area contributed by atoms with E-state index in [0.29, 0.717) is 10.3 Å². The molecule has 0 saturated heterocycles. The lowest BCUT2D eigenvalue weighted by atomic mass is 9.92. The number of halogens is 1. The minimum Gasteiger partial charge on any atom is -0.369 e. The molecule has 1 amide bonds. The maximum atomic E-state index is 12.0. The van der Waals surface area contributed by atoms with Gasteiger partial charge in [-0.1, -0.05) is 12.6 Å². The van der Waals surface area contributed by atoms with Crippen LogP contribution < -0.4 is 5.73 Å². The lowest BCUT2D eigenvalue weighted by Gasteiger charge is -2.32. The average molecular weight is 309 g/mol. The zero-order chi connectivity index (χ0) is 13.3. The van der Waals surface area contributed by atoms with Gasteiger partial charge in [-0.25, -0.2) is 9.98 Å². The second kappa shape index (κ2) is 4.53. The van der Waals surface area contributed by atoms with Crippen molar-refractivity contribution in [3.05, 3.63) is 41.3 Å². The summed E-state index contributed by atoms with van der Waals surface area (Å²) in [5.41, 5.74) is 5.75. The Morgan fingerprint density at radius 3 is 2.89 bits per heavy atom. The van der Waals surface area contributed by atoms with Crippen molar-refractivity contribution >= 4 is 27.8 Å². The molecule has 1 aromatic rings. The van der Waals surface area contributed by atoms with Crippen molar-refractivity contribution in [2.75, 3.05) is 0 Å². The molecule has 0 saturated carbocycles. The third kappa shape index (κ3) is 2.15. The zero-order valence-electron chi connectivity index (χ0n) is 9.93. The minimum atomic E-state index is -0.732. The molecule has 0 radical (unpaired) electrons. The molecule has 0 aromatic carbocycles. The van der Waals surface area contributed by atoms with Crippen LogP contribution in [-0.2, 0) is 10.3 Å². The summed E-state index contributed by atoms with van der Waals surface area (Å²) in [5, 5.41) is 0. The second-order valence-corrected chi connectivity index (χ2v) is 5.02. The molecule has 2 heterocycles. The Hall–Kier alpha value is -1.69. The summed E-state index contributed by atoms with van der Waals surface area (Å²) in [7, 11) is 0. The summed E-state index contributed by atoms with van der Waals surface area (Å²) in [6.07, 6.45) is 1.58. The molecule has 0 unspecified atom stereocenters. The number of pyridine rings is 1. The molecule has 18 heavy (non-hydrogen) atoms. The standard InChI is InChI=1S/C12H13BrN4O/c1-3-17-10(18)7-12(2,16-11(17)14)8-5-4-6-9(13)15-8/h3-6H,1,7H2,2H3,(H2,14,16)/t12-/m0/s1. The fourth-order valence-electron chi connectivity index (χ4n) is 1.91. The topological polar surface area (TPSA) is 71.6 Å². The second-order valence-electron chi connectivity index (χ2n) is 4.21. The van der Waals surface area contributed by atoms with Gasteiger partial charge in [0, 0.05) is 6.20 Å². The van der Waals surface area contributed by atoms with Gasteiger partial charge in [0.05, 0.1) is 12.1 Å². The van der Waals surface area contributed by atoms with E-state index >= 15 is 0 Å². The summed E-state index contributed by atoms with van der Waals surface area (Å²) in [4.78, 5) is 21.9. The molecular weight excluding hydrogens is 296 g/mol. The van der Waals surface area contributed by atoms with E-state index in [1.807, 2.05) is 25.1 Å². The zero-order valence-corrected chi connectivity index (χ0v) is 11.5. The number of aliphatic imine (C=N–C) groups is 1. The molecule has 0 bridgehead atoms. The molecule has 1 atom stereocenters. The van der Waals surface area contributed by atoms with E-state index in [1.54, 1.807) is 0 Å². The Morgan fingerprint density at radius 1 is 1.61 bits per heavy atom. The van der Waals surface area contributed by atoms with Crippen LogP contribution in [-0.4, -0.2) is 21.8 Å². The molecule has 5 nitrogen and oxygen atoms in total. The predicted molar refractivity (Wildman–Crippen MR) is 72.6 cm³/mol. The molecule has 6 heteroatoms. The van der Waals surface area contributed by atoms with Gasteiger partial charge in [0.25, 0.3) is 0 Å². The largest absolute Gasteiger partial charge is 0.369 e. The minimum absolute atomic E-state index is 0.137. The van der Waals surface area contributed by atoms with Crippen molar-refractivity contribution in [1.82, 2.24) is 9.88 Å². The molecule has 1 aliphatic heterocycles. The van der Waals surface area contributed by atoms with E-state index in [2.05, 4.69) is 32.5 Å². The highest BCUT2D eigenvalue weighted by Crippen LogP contribution is 2.32. The van der Waals surface area contributed by atoms with Crippen molar-refractivity contribution < 1.29 is 4.79 Å². The van der Waals surface area contributed by atoms with Gasteiger partial charge in [0.15, 0.2) is 0 Å². The summed E-state index contributed by atoms with van der Waals surface area (Å²) >= 11 is 3.31. The number of nitrogens with two attached hydrogens (primary N) is 1. The van der Waals surface area contributed by atoms with Crippen LogP contribution in [0.15, 0.2) is 40.6 Å². The van der Waals surface area contributed by atoms with Crippen LogP contribution in [0.4, 0.5) is 0 Å². The number of amides is 1. The van der Waals surface area contributed by atoms with E-state index in [0.717, 1.165) is 0 Å². The number of carbonyl (C=O) groups excluding carboxylic acids is 1. The first-order valence-corrected chi connectivity index (χ1v) is 6.18. The van der Waals surface area contributed by atoms with Crippen molar-refractivity contribution in [3.8, 4) is 0 Å². The molecular formula is C12H13BrN4O. The Balaban J connectivity index is 2.47. The Morgan fingerprint density at radius 2 is 2.33 bits per heavy atom. The highest BCUT2D eigenvalue weighted by Gasteiger charge is 2.37. The number of hydrogen-bond donors (Lipinski definition) is 1. The van der Waals surface area contributed by atoms with Crippen LogP contribution in [0.1, 0.15) is 19.0 Å². The first kappa shape index (κ1) is 12.8. The molecule has 0 fully saturated rings. The van der Waals surface area contributed by atoms with Gasteiger partial charge < -0.3 is 5.73 Å². The van der Waals surface area contributed by atoms with E-state index in [1.165, 1.54) is 11.1 Å². The Kier molecular flexibility index (Phi) is 3.21. The lowest BCUT2D eigenvalue weighted by Crippen LogP contribution is -2.47. The van der Waals surface area contributed by atoms with Gasteiger partial charge in [-0.2, -0.15) is 0 Å². The third-order valence-electron chi connectivity index (χ3n) is 2.82.